The lowest BCUT2D eigenvalue weighted by molar-refractivity contribution is -0.384. The van der Waals surface area contributed by atoms with E-state index < -0.39 is 16.9 Å². The number of carbonyl (C=O) groups excluding carboxylic acids is 3. The molecule has 0 aromatic heterocycles. The molecule has 5 atom stereocenters. The SMILES string of the molecule is O=C(Nc1ccc([N+](=O)[O-])cc1)C(Cc1ccccc1)N1C(=O)C2C3C=CC(C3)C2C1=O. The first-order valence-electron chi connectivity index (χ1n) is 10.6. The second-order valence-electron chi connectivity index (χ2n) is 8.55. The van der Waals surface area contributed by atoms with Gasteiger partial charge >= 0.3 is 0 Å². The first kappa shape index (κ1) is 20.1. The molecule has 1 heterocycles. The van der Waals surface area contributed by atoms with Crippen LogP contribution in [0.25, 0.3) is 0 Å². The quantitative estimate of drug-likeness (QED) is 0.327. The fourth-order valence-corrected chi connectivity index (χ4v) is 5.26. The molecule has 0 spiro atoms. The Morgan fingerprint density at radius 3 is 2.16 bits per heavy atom. The molecule has 5 rings (SSSR count). The molecule has 1 saturated heterocycles. The number of imide groups is 1. The third-order valence-corrected chi connectivity index (χ3v) is 6.74. The Kier molecular flexibility index (Phi) is 4.84. The Labute approximate surface area is 184 Å². The van der Waals surface area contributed by atoms with Crippen molar-refractivity contribution in [3.8, 4) is 0 Å². The van der Waals surface area contributed by atoms with Crippen molar-refractivity contribution in [1.82, 2.24) is 4.90 Å². The van der Waals surface area contributed by atoms with E-state index in [4.69, 9.17) is 0 Å². The summed E-state index contributed by atoms with van der Waals surface area (Å²) >= 11 is 0. The van der Waals surface area contributed by atoms with Crippen LogP contribution in [0.15, 0.2) is 66.7 Å². The number of nitrogens with one attached hydrogen (secondary N) is 1. The minimum Gasteiger partial charge on any atom is -0.324 e. The number of hydrogen-bond acceptors (Lipinski definition) is 5. The van der Waals surface area contributed by atoms with Crippen LogP contribution in [0.3, 0.4) is 0 Å². The molecule has 8 heteroatoms. The number of benzene rings is 2. The molecule has 5 unspecified atom stereocenters. The number of non-ortho nitro benzene ring substituents is 1. The Morgan fingerprint density at radius 1 is 1.00 bits per heavy atom. The normalized spacial score (nSPS) is 26.3. The average molecular weight is 431 g/mol. The number of carbonyl (C=O) groups is 3. The van der Waals surface area contributed by atoms with Gasteiger partial charge in [0.15, 0.2) is 0 Å². The molecule has 3 amide bonds. The van der Waals surface area contributed by atoms with E-state index in [0.29, 0.717) is 5.69 Å². The van der Waals surface area contributed by atoms with Crippen LogP contribution in [-0.2, 0) is 20.8 Å². The van der Waals surface area contributed by atoms with Gasteiger partial charge < -0.3 is 5.32 Å². The van der Waals surface area contributed by atoms with E-state index in [2.05, 4.69) is 5.32 Å². The summed E-state index contributed by atoms with van der Waals surface area (Å²) in [4.78, 5) is 51.4. The second-order valence-corrected chi connectivity index (χ2v) is 8.55. The van der Waals surface area contributed by atoms with E-state index in [1.165, 1.54) is 24.3 Å². The fourth-order valence-electron chi connectivity index (χ4n) is 5.26. The van der Waals surface area contributed by atoms with Gasteiger partial charge in [0.05, 0.1) is 16.8 Å². The highest BCUT2D eigenvalue weighted by atomic mass is 16.6. The monoisotopic (exact) mass is 431 g/mol. The lowest BCUT2D eigenvalue weighted by Crippen LogP contribution is -2.49. The molecule has 2 aromatic rings. The van der Waals surface area contributed by atoms with Crippen molar-refractivity contribution in [1.29, 1.82) is 0 Å². The number of amides is 3. The van der Waals surface area contributed by atoms with Crippen LogP contribution in [0, 0.1) is 33.8 Å². The maximum atomic E-state index is 13.3. The summed E-state index contributed by atoms with van der Waals surface area (Å²) < 4.78 is 0. The third-order valence-electron chi connectivity index (χ3n) is 6.74. The topological polar surface area (TPSA) is 110 Å². The molecule has 3 aliphatic rings. The molecule has 2 aromatic carbocycles. The highest BCUT2D eigenvalue weighted by molar-refractivity contribution is 6.11. The Morgan fingerprint density at radius 2 is 1.59 bits per heavy atom. The number of likely N-dealkylation sites (tertiary alicyclic amines) is 1. The Bertz CT molecular complexity index is 1100. The van der Waals surface area contributed by atoms with Crippen LogP contribution >= 0.6 is 0 Å². The fraction of sp³-hybridized carbons (Fsp3) is 0.292. The summed E-state index contributed by atoms with van der Waals surface area (Å²) in [5, 5.41) is 13.6. The maximum Gasteiger partial charge on any atom is 0.269 e. The van der Waals surface area contributed by atoms with Gasteiger partial charge in [0.1, 0.15) is 6.04 Å². The van der Waals surface area contributed by atoms with Gasteiger partial charge in [-0.15, -0.1) is 0 Å². The molecular weight excluding hydrogens is 410 g/mol. The molecule has 1 aliphatic heterocycles. The highest BCUT2D eigenvalue weighted by Crippen LogP contribution is 2.53. The molecule has 32 heavy (non-hydrogen) atoms. The van der Waals surface area contributed by atoms with E-state index in [0.717, 1.165) is 16.9 Å². The standard InChI is InChI=1S/C24H21N3O5/c28-22(25-17-8-10-18(11-9-17)27(31)32)19(12-14-4-2-1-3-5-14)26-23(29)20-15-6-7-16(13-15)21(20)24(26)30/h1-11,15-16,19-21H,12-13H2,(H,25,28). The number of nitro groups is 1. The lowest BCUT2D eigenvalue weighted by atomic mass is 9.85. The molecule has 2 bridgehead atoms. The van der Waals surface area contributed by atoms with Gasteiger partial charge in [0.25, 0.3) is 5.69 Å². The number of rotatable bonds is 6. The van der Waals surface area contributed by atoms with E-state index in [9.17, 15) is 24.5 Å². The zero-order valence-electron chi connectivity index (χ0n) is 17.1. The van der Waals surface area contributed by atoms with Gasteiger partial charge in [-0.05, 0) is 36.0 Å². The van der Waals surface area contributed by atoms with Gasteiger partial charge in [0, 0.05) is 24.2 Å². The van der Waals surface area contributed by atoms with Crippen LogP contribution in [0.5, 0.6) is 0 Å². The molecule has 1 saturated carbocycles. The zero-order valence-corrected chi connectivity index (χ0v) is 17.1. The summed E-state index contributed by atoms with van der Waals surface area (Å²) in [6, 6.07) is 13.7. The van der Waals surface area contributed by atoms with E-state index in [-0.39, 0.29) is 47.6 Å². The molecule has 2 fully saturated rings. The first-order chi connectivity index (χ1) is 15.4. The summed E-state index contributed by atoms with van der Waals surface area (Å²) in [6.45, 7) is 0. The van der Waals surface area contributed by atoms with Gasteiger partial charge in [-0.3, -0.25) is 29.4 Å². The maximum absolute atomic E-state index is 13.3. The van der Waals surface area contributed by atoms with Crippen molar-refractivity contribution < 1.29 is 19.3 Å². The number of hydrogen-bond donors (Lipinski definition) is 1. The molecule has 1 N–H and O–H groups in total. The van der Waals surface area contributed by atoms with Crippen molar-refractivity contribution in [3.05, 3.63) is 82.4 Å². The summed E-state index contributed by atoms with van der Waals surface area (Å²) in [6.07, 6.45) is 5.05. The average Bonchev–Trinajstić information content (AvgIpc) is 3.47. The zero-order chi connectivity index (χ0) is 22.4. The van der Waals surface area contributed by atoms with E-state index in [1.54, 1.807) is 0 Å². The largest absolute Gasteiger partial charge is 0.324 e. The molecule has 0 radical (unpaired) electrons. The number of nitrogens with zero attached hydrogens (tertiary/aromatic N) is 2. The van der Waals surface area contributed by atoms with Crippen molar-refractivity contribution in [2.24, 2.45) is 23.7 Å². The molecule has 8 nitrogen and oxygen atoms in total. The minimum absolute atomic E-state index is 0.0570. The number of anilines is 1. The number of fused-ring (bicyclic) bond motifs is 5. The van der Waals surface area contributed by atoms with E-state index in [1.807, 2.05) is 42.5 Å². The first-order valence-corrected chi connectivity index (χ1v) is 10.6. The van der Waals surface area contributed by atoms with Crippen molar-refractivity contribution in [3.63, 3.8) is 0 Å². The third kappa shape index (κ3) is 3.28. The van der Waals surface area contributed by atoms with Crippen molar-refractivity contribution in [2.45, 2.75) is 18.9 Å². The minimum atomic E-state index is -1.00. The van der Waals surface area contributed by atoms with Gasteiger partial charge in [-0.25, -0.2) is 0 Å². The molecule has 162 valence electrons. The van der Waals surface area contributed by atoms with Crippen LogP contribution < -0.4 is 5.32 Å². The van der Waals surface area contributed by atoms with Gasteiger partial charge in [0.2, 0.25) is 17.7 Å². The summed E-state index contributed by atoms with van der Waals surface area (Å²) in [5.74, 6) is -1.72. The molecular formula is C24H21N3O5. The smallest absolute Gasteiger partial charge is 0.269 e. The predicted octanol–water partition coefficient (Wildman–Crippen LogP) is 2.95. The Hall–Kier alpha value is -3.81. The molecule has 2 aliphatic carbocycles. The van der Waals surface area contributed by atoms with Gasteiger partial charge in [-0.1, -0.05) is 42.5 Å². The second kappa shape index (κ2) is 7.71. The predicted molar refractivity (Wildman–Crippen MR) is 115 cm³/mol. The number of nitro benzene ring substituents is 1. The van der Waals surface area contributed by atoms with Crippen molar-refractivity contribution in [2.75, 3.05) is 5.32 Å². The number of allylic oxidation sites excluding steroid dienone is 2. The van der Waals surface area contributed by atoms with Gasteiger partial charge in [-0.2, -0.15) is 0 Å². The van der Waals surface area contributed by atoms with Crippen LogP contribution in [-0.4, -0.2) is 33.6 Å². The Balaban J connectivity index is 1.43. The van der Waals surface area contributed by atoms with Crippen LogP contribution in [0.1, 0.15) is 12.0 Å². The lowest BCUT2D eigenvalue weighted by Gasteiger charge is -2.27. The highest BCUT2D eigenvalue weighted by Gasteiger charge is 2.61. The van der Waals surface area contributed by atoms with Crippen LogP contribution in [0.2, 0.25) is 0 Å². The summed E-state index contributed by atoms with van der Waals surface area (Å²) in [5.41, 5.74) is 1.10. The summed E-state index contributed by atoms with van der Waals surface area (Å²) in [7, 11) is 0. The van der Waals surface area contributed by atoms with E-state index >= 15 is 0 Å². The van der Waals surface area contributed by atoms with Crippen LogP contribution in [0.4, 0.5) is 11.4 Å². The van der Waals surface area contributed by atoms with Crippen molar-refractivity contribution >= 4 is 29.1 Å².